The van der Waals surface area contributed by atoms with Gasteiger partial charge in [0.15, 0.2) is 5.65 Å². The van der Waals surface area contributed by atoms with Gasteiger partial charge in [-0.3, -0.25) is 4.90 Å². The number of anilines is 1. The number of rotatable bonds is 3. The highest BCUT2D eigenvalue weighted by Crippen LogP contribution is 2.28. The van der Waals surface area contributed by atoms with E-state index >= 15 is 0 Å². The Balaban J connectivity index is 1.53. The lowest BCUT2D eigenvalue weighted by Gasteiger charge is -2.32. The van der Waals surface area contributed by atoms with E-state index in [2.05, 4.69) is 10.00 Å². The highest BCUT2D eigenvalue weighted by Gasteiger charge is 2.23. The van der Waals surface area contributed by atoms with Gasteiger partial charge in [0, 0.05) is 31.1 Å². The molecular formula is C19H23N5O. The second-order valence-corrected chi connectivity index (χ2v) is 6.90. The van der Waals surface area contributed by atoms with Crippen molar-refractivity contribution in [2.45, 2.75) is 32.2 Å². The summed E-state index contributed by atoms with van der Waals surface area (Å²) in [6.07, 6.45) is 2.27. The van der Waals surface area contributed by atoms with Crippen LogP contribution >= 0.6 is 0 Å². The van der Waals surface area contributed by atoms with Gasteiger partial charge in [0.25, 0.3) is 0 Å². The molecular weight excluding hydrogens is 314 g/mol. The second-order valence-electron chi connectivity index (χ2n) is 6.90. The molecule has 0 radical (unpaired) electrons. The maximum absolute atomic E-state index is 9.43. The van der Waals surface area contributed by atoms with Crippen LogP contribution in [0.2, 0.25) is 0 Å². The van der Waals surface area contributed by atoms with Gasteiger partial charge in [-0.05, 0) is 44.0 Å². The minimum Gasteiger partial charge on any atom is -0.508 e. The largest absolute Gasteiger partial charge is 0.508 e. The highest BCUT2D eigenvalue weighted by atomic mass is 16.3. The average molecular weight is 337 g/mol. The second kappa shape index (κ2) is 6.37. The van der Waals surface area contributed by atoms with Crippen molar-refractivity contribution >= 4 is 11.5 Å². The molecule has 130 valence electrons. The molecule has 0 spiro atoms. The van der Waals surface area contributed by atoms with Crippen LogP contribution in [0.3, 0.4) is 0 Å². The van der Waals surface area contributed by atoms with Gasteiger partial charge in [0.05, 0.1) is 11.4 Å². The molecule has 0 unspecified atom stereocenters. The molecule has 25 heavy (non-hydrogen) atoms. The van der Waals surface area contributed by atoms with E-state index in [-0.39, 0.29) is 0 Å². The molecule has 1 aromatic carbocycles. The lowest BCUT2D eigenvalue weighted by Crippen LogP contribution is -2.34. The van der Waals surface area contributed by atoms with Crippen LogP contribution in [0.1, 0.15) is 35.7 Å². The Bertz CT molecular complexity index is 887. The first kappa shape index (κ1) is 15.9. The van der Waals surface area contributed by atoms with Crippen LogP contribution in [0.4, 0.5) is 5.82 Å². The number of fused-ring (bicyclic) bond motifs is 1. The summed E-state index contributed by atoms with van der Waals surface area (Å²) in [4.78, 5) is 7.24. The predicted octanol–water partition coefficient (Wildman–Crippen LogP) is 2.71. The van der Waals surface area contributed by atoms with Crippen molar-refractivity contribution in [3.63, 3.8) is 0 Å². The van der Waals surface area contributed by atoms with Gasteiger partial charge >= 0.3 is 0 Å². The van der Waals surface area contributed by atoms with Crippen LogP contribution in [0, 0.1) is 6.92 Å². The average Bonchev–Trinajstić information content (AvgIpc) is 2.98. The summed E-state index contributed by atoms with van der Waals surface area (Å²) in [5.41, 5.74) is 10.2. The van der Waals surface area contributed by atoms with Crippen molar-refractivity contribution in [3.8, 4) is 5.75 Å². The standard InChI is InChI=1S/C19H23N5O/c1-13-9-19-21-17(10-18(20)24(19)22-13)15-3-2-8-23(12-15)11-14-4-6-16(25)7-5-14/h4-7,9-10,15,25H,2-3,8,11-12,20H2,1H3/t15-/m0/s1. The number of benzene rings is 1. The highest BCUT2D eigenvalue weighted by molar-refractivity contribution is 5.48. The van der Waals surface area contributed by atoms with Crippen molar-refractivity contribution in [3.05, 3.63) is 53.3 Å². The summed E-state index contributed by atoms with van der Waals surface area (Å²) in [7, 11) is 0. The number of nitrogen functional groups attached to an aromatic ring is 1. The smallest absolute Gasteiger partial charge is 0.157 e. The third-order valence-corrected chi connectivity index (χ3v) is 4.86. The SMILES string of the molecule is Cc1cc2nc([C@H]3CCCN(Cc4ccc(O)cc4)C3)cc(N)n2n1. The maximum Gasteiger partial charge on any atom is 0.157 e. The molecule has 1 saturated heterocycles. The minimum absolute atomic E-state index is 0.310. The summed E-state index contributed by atoms with van der Waals surface area (Å²) < 4.78 is 1.70. The van der Waals surface area contributed by atoms with E-state index in [0.717, 1.165) is 49.5 Å². The van der Waals surface area contributed by atoms with Gasteiger partial charge < -0.3 is 10.8 Å². The molecule has 3 heterocycles. The summed E-state index contributed by atoms with van der Waals surface area (Å²) in [5.74, 6) is 1.33. The van der Waals surface area contributed by atoms with Crippen LogP contribution < -0.4 is 5.73 Å². The molecule has 0 bridgehead atoms. The zero-order valence-corrected chi connectivity index (χ0v) is 14.4. The summed E-state index contributed by atoms with van der Waals surface area (Å²) in [5, 5.41) is 13.8. The number of aromatic nitrogens is 3. The number of piperidine rings is 1. The summed E-state index contributed by atoms with van der Waals surface area (Å²) in [6, 6.07) is 11.4. The Hall–Kier alpha value is -2.60. The van der Waals surface area contributed by atoms with Gasteiger partial charge in [-0.1, -0.05) is 12.1 Å². The molecule has 1 aliphatic heterocycles. The number of phenolic OH excluding ortho intramolecular Hbond substituents is 1. The lowest BCUT2D eigenvalue weighted by atomic mass is 9.94. The molecule has 0 amide bonds. The summed E-state index contributed by atoms with van der Waals surface area (Å²) in [6.45, 7) is 4.89. The fourth-order valence-electron chi connectivity index (χ4n) is 3.64. The van der Waals surface area contributed by atoms with E-state index in [4.69, 9.17) is 10.7 Å². The third-order valence-electron chi connectivity index (χ3n) is 4.86. The first-order chi connectivity index (χ1) is 12.1. The number of aryl methyl sites for hydroxylation is 1. The minimum atomic E-state index is 0.310. The van der Waals surface area contributed by atoms with Gasteiger partial charge in [-0.15, -0.1) is 0 Å². The van der Waals surface area contributed by atoms with E-state index in [1.54, 1.807) is 16.6 Å². The van der Waals surface area contributed by atoms with Crippen LogP contribution in [0.25, 0.3) is 5.65 Å². The maximum atomic E-state index is 9.43. The molecule has 6 heteroatoms. The van der Waals surface area contributed by atoms with E-state index in [1.807, 2.05) is 31.2 Å². The van der Waals surface area contributed by atoms with Crippen LogP contribution in [0.5, 0.6) is 5.75 Å². The topological polar surface area (TPSA) is 79.7 Å². The number of aromatic hydroxyl groups is 1. The van der Waals surface area contributed by atoms with Gasteiger partial charge in [0.1, 0.15) is 11.6 Å². The van der Waals surface area contributed by atoms with Gasteiger partial charge in [-0.25, -0.2) is 4.98 Å². The quantitative estimate of drug-likeness (QED) is 0.768. The van der Waals surface area contributed by atoms with Crippen molar-refractivity contribution in [1.82, 2.24) is 19.5 Å². The lowest BCUT2D eigenvalue weighted by molar-refractivity contribution is 0.198. The van der Waals surface area contributed by atoms with E-state index in [0.29, 0.717) is 17.5 Å². The monoisotopic (exact) mass is 337 g/mol. The van der Waals surface area contributed by atoms with Crippen LogP contribution in [-0.4, -0.2) is 37.7 Å². The first-order valence-electron chi connectivity index (χ1n) is 8.71. The van der Waals surface area contributed by atoms with E-state index < -0.39 is 0 Å². The third kappa shape index (κ3) is 3.30. The molecule has 2 aromatic heterocycles. The summed E-state index contributed by atoms with van der Waals surface area (Å²) >= 11 is 0. The molecule has 0 saturated carbocycles. The van der Waals surface area contributed by atoms with Crippen molar-refractivity contribution in [2.24, 2.45) is 0 Å². The molecule has 3 N–H and O–H groups in total. The fourth-order valence-corrected chi connectivity index (χ4v) is 3.64. The van der Waals surface area contributed by atoms with Gasteiger partial charge in [0.2, 0.25) is 0 Å². The normalized spacial score (nSPS) is 18.7. The molecule has 1 aliphatic rings. The Morgan fingerprint density at radius 3 is 2.84 bits per heavy atom. The number of hydrogen-bond donors (Lipinski definition) is 2. The number of hydrogen-bond acceptors (Lipinski definition) is 5. The van der Waals surface area contributed by atoms with Crippen molar-refractivity contribution < 1.29 is 5.11 Å². The number of likely N-dealkylation sites (tertiary alicyclic amines) is 1. The van der Waals surface area contributed by atoms with E-state index in [9.17, 15) is 5.11 Å². The van der Waals surface area contributed by atoms with Gasteiger partial charge in [-0.2, -0.15) is 9.61 Å². The Kier molecular flexibility index (Phi) is 4.05. The number of nitrogens with two attached hydrogens (primary N) is 1. The molecule has 1 atom stereocenters. The molecule has 4 rings (SSSR count). The molecule has 6 nitrogen and oxygen atoms in total. The first-order valence-corrected chi connectivity index (χ1v) is 8.71. The molecule has 3 aromatic rings. The van der Waals surface area contributed by atoms with Crippen molar-refractivity contribution in [2.75, 3.05) is 18.8 Å². The Morgan fingerprint density at radius 1 is 1.24 bits per heavy atom. The molecule has 1 fully saturated rings. The Labute approximate surface area is 146 Å². The fraction of sp³-hybridized carbons (Fsp3) is 0.368. The predicted molar refractivity (Wildman–Crippen MR) is 97.5 cm³/mol. The zero-order valence-electron chi connectivity index (χ0n) is 14.4. The van der Waals surface area contributed by atoms with E-state index in [1.165, 1.54) is 5.56 Å². The van der Waals surface area contributed by atoms with Crippen LogP contribution in [-0.2, 0) is 6.54 Å². The van der Waals surface area contributed by atoms with Crippen molar-refractivity contribution in [1.29, 1.82) is 0 Å². The molecule has 0 aliphatic carbocycles. The van der Waals surface area contributed by atoms with Crippen LogP contribution in [0.15, 0.2) is 36.4 Å². The zero-order chi connectivity index (χ0) is 17.4. The Morgan fingerprint density at radius 2 is 2.04 bits per heavy atom. The number of nitrogens with zero attached hydrogens (tertiary/aromatic N) is 4. The number of phenols is 1.